The van der Waals surface area contributed by atoms with Crippen molar-refractivity contribution in [3.8, 4) is 5.75 Å². The van der Waals surface area contributed by atoms with Crippen LogP contribution in [-0.2, 0) is 14.3 Å². The van der Waals surface area contributed by atoms with Crippen molar-refractivity contribution in [3.05, 3.63) is 29.8 Å². The van der Waals surface area contributed by atoms with Gasteiger partial charge in [-0.2, -0.15) is 0 Å². The minimum Gasteiger partial charge on any atom is -0.488 e. The van der Waals surface area contributed by atoms with E-state index in [9.17, 15) is 0 Å². The molecular weight excluding hydrogens is 294 g/mol. The van der Waals surface area contributed by atoms with Gasteiger partial charge in [0.2, 0.25) is 0 Å². The van der Waals surface area contributed by atoms with Crippen molar-refractivity contribution >= 4 is 6.21 Å². The molecule has 1 aliphatic carbocycles. The molecule has 2 fully saturated rings. The average molecular weight is 319 g/mol. The SMILES string of the molecule is C(=NOCC1CCCCC1)c1cccc(OCC2OCCO2)c1. The van der Waals surface area contributed by atoms with Gasteiger partial charge in [0.25, 0.3) is 0 Å². The summed E-state index contributed by atoms with van der Waals surface area (Å²) in [4.78, 5) is 5.45. The molecule has 1 saturated carbocycles. The van der Waals surface area contributed by atoms with Crippen LogP contribution in [0.2, 0.25) is 0 Å². The van der Waals surface area contributed by atoms with Crippen LogP contribution in [0.15, 0.2) is 29.4 Å². The molecule has 0 N–H and O–H groups in total. The lowest BCUT2D eigenvalue weighted by Gasteiger charge is -2.19. The quantitative estimate of drug-likeness (QED) is 0.571. The second kappa shape index (κ2) is 8.89. The molecule has 126 valence electrons. The van der Waals surface area contributed by atoms with Gasteiger partial charge >= 0.3 is 0 Å². The molecule has 0 aromatic heterocycles. The van der Waals surface area contributed by atoms with Crippen molar-refractivity contribution in [1.29, 1.82) is 0 Å². The predicted molar refractivity (Wildman–Crippen MR) is 87.8 cm³/mol. The van der Waals surface area contributed by atoms with Crippen molar-refractivity contribution in [2.45, 2.75) is 38.4 Å². The lowest BCUT2D eigenvalue weighted by Crippen LogP contribution is -2.18. The van der Waals surface area contributed by atoms with Crippen molar-refractivity contribution in [3.63, 3.8) is 0 Å². The van der Waals surface area contributed by atoms with Crippen LogP contribution in [0.25, 0.3) is 0 Å². The number of ether oxygens (including phenoxy) is 3. The van der Waals surface area contributed by atoms with E-state index in [1.165, 1.54) is 32.1 Å². The second-order valence-electron chi connectivity index (χ2n) is 6.09. The number of oxime groups is 1. The molecule has 1 saturated heterocycles. The fourth-order valence-corrected chi connectivity index (χ4v) is 2.95. The fraction of sp³-hybridized carbons (Fsp3) is 0.611. The zero-order chi connectivity index (χ0) is 15.7. The van der Waals surface area contributed by atoms with Gasteiger partial charge < -0.3 is 19.0 Å². The Morgan fingerprint density at radius 3 is 2.74 bits per heavy atom. The first kappa shape index (κ1) is 16.3. The Morgan fingerprint density at radius 2 is 1.91 bits per heavy atom. The van der Waals surface area contributed by atoms with Gasteiger partial charge in [-0.05, 0) is 36.5 Å². The summed E-state index contributed by atoms with van der Waals surface area (Å²) in [6.45, 7) is 2.40. The maximum Gasteiger partial charge on any atom is 0.191 e. The molecule has 1 heterocycles. The summed E-state index contributed by atoms with van der Waals surface area (Å²) in [7, 11) is 0. The van der Waals surface area contributed by atoms with Crippen molar-refractivity contribution in [2.75, 3.05) is 26.4 Å². The predicted octanol–water partition coefficient (Wildman–Crippen LogP) is 3.37. The number of nitrogens with zero attached hydrogens (tertiary/aromatic N) is 1. The zero-order valence-corrected chi connectivity index (χ0v) is 13.5. The summed E-state index contributed by atoms with van der Waals surface area (Å²) in [5.41, 5.74) is 0.958. The Bertz CT molecular complexity index is 494. The van der Waals surface area contributed by atoms with Gasteiger partial charge in [-0.1, -0.05) is 36.6 Å². The van der Waals surface area contributed by atoms with E-state index >= 15 is 0 Å². The molecule has 23 heavy (non-hydrogen) atoms. The van der Waals surface area contributed by atoms with Crippen LogP contribution in [-0.4, -0.2) is 38.9 Å². The van der Waals surface area contributed by atoms with E-state index in [-0.39, 0.29) is 6.29 Å². The monoisotopic (exact) mass is 319 g/mol. The molecule has 0 amide bonds. The fourth-order valence-electron chi connectivity index (χ4n) is 2.95. The zero-order valence-electron chi connectivity index (χ0n) is 13.5. The first-order valence-corrected chi connectivity index (χ1v) is 8.51. The third-order valence-corrected chi connectivity index (χ3v) is 4.25. The molecule has 5 heteroatoms. The molecule has 1 aromatic rings. The third-order valence-electron chi connectivity index (χ3n) is 4.25. The Kier molecular flexibility index (Phi) is 6.29. The molecule has 0 radical (unpaired) electrons. The maximum absolute atomic E-state index is 5.68. The average Bonchev–Trinajstić information content (AvgIpc) is 3.12. The molecule has 0 spiro atoms. The van der Waals surface area contributed by atoms with Crippen molar-refractivity contribution in [2.24, 2.45) is 11.1 Å². The van der Waals surface area contributed by atoms with E-state index < -0.39 is 0 Å². The molecule has 1 aliphatic heterocycles. The highest BCUT2D eigenvalue weighted by molar-refractivity contribution is 5.79. The van der Waals surface area contributed by atoms with E-state index in [0.717, 1.165) is 17.9 Å². The first-order chi connectivity index (χ1) is 11.4. The lowest BCUT2D eigenvalue weighted by atomic mass is 9.90. The Labute approximate surface area is 137 Å². The molecule has 1 aromatic carbocycles. The van der Waals surface area contributed by atoms with Crippen molar-refractivity contribution in [1.82, 2.24) is 0 Å². The largest absolute Gasteiger partial charge is 0.488 e. The van der Waals surface area contributed by atoms with E-state index in [1.807, 2.05) is 24.3 Å². The van der Waals surface area contributed by atoms with Crippen LogP contribution in [0.5, 0.6) is 5.75 Å². The lowest BCUT2D eigenvalue weighted by molar-refractivity contribution is -0.0684. The van der Waals surface area contributed by atoms with Crippen LogP contribution in [0.3, 0.4) is 0 Å². The van der Waals surface area contributed by atoms with Gasteiger partial charge in [-0.25, -0.2) is 0 Å². The minimum atomic E-state index is -0.258. The minimum absolute atomic E-state index is 0.258. The Balaban J connectivity index is 1.41. The molecule has 2 aliphatic rings. The van der Waals surface area contributed by atoms with Crippen LogP contribution < -0.4 is 4.74 Å². The van der Waals surface area contributed by atoms with E-state index in [4.69, 9.17) is 19.0 Å². The summed E-state index contributed by atoms with van der Waals surface area (Å²) < 4.78 is 16.4. The third kappa shape index (κ3) is 5.52. The van der Waals surface area contributed by atoms with Gasteiger partial charge in [0.1, 0.15) is 19.0 Å². The Hall–Kier alpha value is -1.59. The molecule has 0 bridgehead atoms. The van der Waals surface area contributed by atoms with Crippen LogP contribution in [0.1, 0.15) is 37.7 Å². The van der Waals surface area contributed by atoms with Crippen molar-refractivity contribution < 1.29 is 19.0 Å². The van der Waals surface area contributed by atoms with Crippen LogP contribution in [0, 0.1) is 5.92 Å². The van der Waals surface area contributed by atoms with E-state index in [2.05, 4.69) is 5.16 Å². The number of hydrogen-bond donors (Lipinski definition) is 0. The summed E-state index contributed by atoms with van der Waals surface area (Å²) in [5, 5.41) is 4.08. The summed E-state index contributed by atoms with van der Waals surface area (Å²) in [6, 6.07) is 7.76. The van der Waals surface area contributed by atoms with Gasteiger partial charge in [0, 0.05) is 0 Å². The van der Waals surface area contributed by atoms with E-state index in [1.54, 1.807) is 6.21 Å². The normalized spacial score (nSPS) is 20.2. The summed E-state index contributed by atoms with van der Waals surface area (Å²) >= 11 is 0. The Morgan fingerprint density at radius 1 is 1.09 bits per heavy atom. The van der Waals surface area contributed by atoms with Crippen LogP contribution >= 0.6 is 0 Å². The summed E-state index contributed by atoms with van der Waals surface area (Å²) in [6.07, 6.45) is 8.03. The van der Waals surface area contributed by atoms with Gasteiger partial charge in [0.15, 0.2) is 6.29 Å². The molecule has 0 atom stereocenters. The van der Waals surface area contributed by atoms with Gasteiger partial charge in [0.05, 0.1) is 19.4 Å². The maximum atomic E-state index is 5.68. The highest BCUT2D eigenvalue weighted by Crippen LogP contribution is 2.23. The molecule has 5 nitrogen and oxygen atoms in total. The number of benzene rings is 1. The van der Waals surface area contributed by atoms with Gasteiger partial charge in [-0.3, -0.25) is 0 Å². The van der Waals surface area contributed by atoms with E-state index in [0.29, 0.717) is 25.7 Å². The first-order valence-electron chi connectivity index (χ1n) is 8.51. The molecular formula is C18H25NO4. The van der Waals surface area contributed by atoms with Crippen LogP contribution in [0.4, 0.5) is 0 Å². The molecule has 3 rings (SSSR count). The summed E-state index contributed by atoms with van der Waals surface area (Å²) in [5.74, 6) is 1.45. The molecule has 0 unspecified atom stereocenters. The number of hydrogen-bond acceptors (Lipinski definition) is 5. The standard InChI is InChI=1S/C18H25NO4/c1-2-5-15(6-3-1)13-23-19-12-16-7-4-8-17(11-16)22-14-18-20-9-10-21-18/h4,7-8,11-12,15,18H,1-3,5-6,9-10,13-14H2. The smallest absolute Gasteiger partial charge is 0.191 e. The van der Waals surface area contributed by atoms with Gasteiger partial charge in [-0.15, -0.1) is 0 Å². The highest BCUT2D eigenvalue weighted by Gasteiger charge is 2.16. The second-order valence-corrected chi connectivity index (χ2v) is 6.09. The topological polar surface area (TPSA) is 49.3 Å². The highest BCUT2D eigenvalue weighted by atomic mass is 16.7. The number of rotatable bonds is 7.